The highest BCUT2D eigenvalue weighted by molar-refractivity contribution is 6.35. The summed E-state index contributed by atoms with van der Waals surface area (Å²) >= 11 is 11.9. The first kappa shape index (κ1) is 14.1. The van der Waals surface area contributed by atoms with E-state index in [9.17, 15) is 8.78 Å². The van der Waals surface area contributed by atoms with E-state index in [1.54, 1.807) is 18.2 Å². The third kappa shape index (κ3) is 3.37. The molecule has 1 nitrogen and oxygen atoms in total. The molecule has 0 saturated carbocycles. The van der Waals surface area contributed by atoms with Crippen LogP contribution in [0.4, 0.5) is 14.5 Å². The second-order valence-corrected chi connectivity index (χ2v) is 5.01. The van der Waals surface area contributed by atoms with Crippen molar-refractivity contribution in [3.63, 3.8) is 0 Å². The van der Waals surface area contributed by atoms with Crippen LogP contribution in [0.5, 0.6) is 0 Å². The topological polar surface area (TPSA) is 12.0 Å². The zero-order valence-electron chi connectivity index (χ0n) is 10.1. The summed E-state index contributed by atoms with van der Waals surface area (Å²) in [6.45, 7) is 1.82. The van der Waals surface area contributed by atoms with Crippen LogP contribution in [0.1, 0.15) is 18.5 Å². The van der Waals surface area contributed by atoms with Gasteiger partial charge in [0.25, 0.3) is 0 Å². The van der Waals surface area contributed by atoms with Gasteiger partial charge in [-0.05, 0) is 42.8 Å². The lowest BCUT2D eigenvalue weighted by Crippen LogP contribution is -2.07. The third-order valence-corrected chi connectivity index (χ3v) is 3.31. The van der Waals surface area contributed by atoms with Crippen molar-refractivity contribution >= 4 is 28.9 Å². The molecule has 0 aromatic heterocycles. The van der Waals surface area contributed by atoms with Gasteiger partial charge in [0, 0.05) is 11.1 Å². The van der Waals surface area contributed by atoms with Gasteiger partial charge in [-0.15, -0.1) is 0 Å². The highest BCUT2D eigenvalue weighted by atomic mass is 35.5. The summed E-state index contributed by atoms with van der Waals surface area (Å²) in [5.41, 5.74) is 1.27. The molecule has 1 unspecified atom stereocenters. The molecule has 19 heavy (non-hydrogen) atoms. The number of anilines is 1. The van der Waals surface area contributed by atoms with Crippen molar-refractivity contribution in [2.24, 2.45) is 0 Å². The predicted molar refractivity (Wildman–Crippen MR) is 74.9 cm³/mol. The van der Waals surface area contributed by atoms with Crippen LogP contribution < -0.4 is 5.32 Å². The molecule has 0 aliphatic heterocycles. The van der Waals surface area contributed by atoms with Gasteiger partial charge in [0.15, 0.2) is 11.6 Å². The fraction of sp³-hybridized carbons (Fsp3) is 0.143. The molecule has 5 heteroatoms. The molecule has 0 heterocycles. The molecule has 0 amide bonds. The maximum Gasteiger partial charge on any atom is 0.159 e. The Labute approximate surface area is 120 Å². The van der Waals surface area contributed by atoms with Crippen molar-refractivity contribution in [3.8, 4) is 0 Å². The predicted octanol–water partition coefficient (Wildman–Crippen LogP) is 5.44. The Morgan fingerprint density at radius 3 is 2.42 bits per heavy atom. The number of hydrogen-bond donors (Lipinski definition) is 1. The van der Waals surface area contributed by atoms with Crippen LogP contribution >= 0.6 is 23.2 Å². The highest BCUT2D eigenvalue weighted by Gasteiger charge is 2.11. The minimum absolute atomic E-state index is 0.230. The minimum atomic E-state index is -0.872. The Kier molecular flexibility index (Phi) is 4.27. The van der Waals surface area contributed by atoms with Gasteiger partial charge in [0.05, 0.1) is 10.7 Å². The third-order valence-electron chi connectivity index (χ3n) is 2.74. The van der Waals surface area contributed by atoms with Crippen molar-refractivity contribution in [2.45, 2.75) is 13.0 Å². The van der Waals surface area contributed by atoms with Crippen molar-refractivity contribution in [3.05, 3.63) is 63.6 Å². The van der Waals surface area contributed by atoms with E-state index < -0.39 is 11.6 Å². The molecule has 0 aliphatic carbocycles. The molecule has 0 aliphatic rings. The van der Waals surface area contributed by atoms with E-state index in [4.69, 9.17) is 23.2 Å². The molecular formula is C14H11Cl2F2N. The van der Waals surface area contributed by atoms with Crippen LogP contribution in [-0.2, 0) is 0 Å². The molecule has 0 fully saturated rings. The Morgan fingerprint density at radius 2 is 1.74 bits per heavy atom. The Morgan fingerprint density at radius 1 is 1.00 bits per heavy atom. The second kappa shape index (κ2) is 5.76. The van der Waals surface area contributed by atoms with Gasteiger partial charge >= 0.3 is 0 Å². The Bertz CT molecular complexity index is 602. The average molecular weight is 302 g/mol. The molecule has 0 saturated heterocycles. The van der Waals surface area contributed by atoms with Gasteiger partial charge in [-0.1, -0.05) is 29.3 Å². The number of nitrogens with one attached hydrogen (secondary N) is 1. The standard InChI is InChI=1S/C14H11Cl2F2N/c1-8(9-2-5-12(17)13(18)6-9)19-14-7-10(15)3-4-11(14)16/h2-8,19H,1H3. The normalized spacial score (nSPS) is 12.3. The molecule has 100 valence electrons. The zero-order chi connectivity index (χ0) is 14.0. The molecule has 0 spiro atoms. The molecule has 0 radical (unpaired) electrons. The van der Waals surface area contributed by atoms with Crippen LogP contribution in [0.25, 0.3) is 0 Å². The van der Waals surface area contributed by atoms with Crippen LogP contribution in [0.15, 0.2) is 36.4 Å². The van der Waals surface area contributed by atoms with E-state index in [-0.39, 0.29) is 6.04 Å². The Balaban J connectivity index is 2.22. The summed E-state index contributed by atoms with van der Waals surface area (Å²) in [5.74, 6) is -1.74. The lowest BCUT2D eigenvalue weighted by molar-refractivity contribution is 0.506. The smallest absolute Gasteiger partial charge is 0.159 e. The van der Waals surface area contributed by atoms with Crippen LogP contribution in [0, 0.1) is 11.6 Å². The highest BCUT2D eigenvalue weighted by Crippen LogP contribution is 2.29. The zero-order valence-corrected chi connectivity index (χ0v) is 11.6. The van der Waals surface area contributed by atoms with Gasteiger partial charge in [0.1, 0.15) is 0 Å². The monoisotopic (exact) mass is 301 g/mol. The first-order valence-corrected chi connectivity index (χ1v) is 6.39. The van der Waals surface area contributed by atoms with E-state index >= 15 is 0 Å². The summed E-state index contributed by atoms with van der Waals surface area (Å²) in [6, 6.07) is 8.58. The van der Waals surface area contributed by atoms with Crippen LogP contribution in [0.3, 0.4) is 0 Å². The molecule has 1 atom stereocenters. The summed E-state index contributed by atoms with van der Waals surface area (Å²) in [5, 5.41) is 4.17. The summed E-state index contributed by atoms with van der Waals surface area (Å²) in [7, 11) is 0. The lowest BCUT2D eigenvalue weighted by Gasteiger charge is -2.17. The maximum atomic E-state index is 13.2. The lowest BCUT2D eigenvalue weighted by atomic mass is 10.1. The van der Waals surface area contributed by atoms with Crippen LogP contribution in [-0.4, -0.2) is 0 Å². The van der Waals surface area contributed by atoms with Gasteiger partial charge in [-0.25, -0.2) is 8.78 Å². The summed E-state index contributed by atoms with van der Waals surface area (Å²) < 4.78 is 26.0. The van der Waals surface area contributed by atoms with Crippen molar-refractivity contribution in [1.29, 1.82) is 0 Å². The fourth-order valence-corrected chi connectivity index (χ4v) is 2.05. The van der Waals surface area contributed by atoms with E-state index in [0.29, 0.717) is 21.3 Å². The fourth-order valence-electron chi connectivity index (χ4n) is 1.71. The van der Waals surface area contributed by atoms with Crippen LogP contribution in [0.2, 0.25) is 10.0 Å². The first-order valence-electron chi connectivity index (χ1n) is 5.64. The largest absolute Gasteiger partial charge is 0.377 e. The van der Waals surface area contributed by atoms with Crippen molar-refractivity contribution in [1.82, 2.24) is 0 Å². The number of halogens is 4. The second-order valence-electron chi connectivity index (χ2n) is 4.16. The summed E-state index contributed by atoms with van der Waals surface area (Å²) in [4.78, 5) is 0. The number of benzene rings is 2. The molecule has 1 N–H and O–H groups in total. The van der Waals surface area contributed by atoms with Crippen molar-refractivity contribution < 1.29 is 8.78 Å². The maximum absolute atomic E-state index is 13.2. The summed E-state index contributed by atoms with van der Waals surface area (Å²) in [6.07, 6.45) is 0. The van der Waals surface area contributed by atoms with Crippen molar-refractivity contribution in [2.75, 3.05) is 5.32 Å². The van der Waals surface area contributed by atoms with E-state index in [0.717, 1.165) is 12.1 Å². The molecule has 2 aromatic rings. The molecule has 2 rings (SSSR count). The van der Waals surface area contributed by atoms with E-state index in [1.165, 1.54) is 6.07 Å². The first-order chi connectivity index (χ1) is 8.97. The minimum Gasteiger partial charge on any atom is -0.377 e. The quantitative estimate of drug-likeness (QED) is 0.795. The molecule has 0 bridgehead atoms. The van der Waals surface area contributed by atoms with Gasteiger partial charge in [-0.3, -0.25) is 0 Å². The van der Waals surface area contributed by atoms with E-state index in [2.05, 4.69) is 5.32 Å². The SMILES string of the molecule is CC(Nc1cc(Cl)ccc1Cl)c1ccc(F)c(F)c1. The number of rotatable bonds is 3. The number of hydrogen-bond acceptors (Lipinski definition) is 1. The van der Waals surface area contributed by atoms with Gasteiger partial charge < -0.3 is 5.32 Å². The molecular weight excluding hydrogens is 291 g/mol. The van der Waals surface area contributed by atoms with Gasteiger partial charge in [0.2, 0.25) is 0 Å². The van der Waals surface area contributed by atoms with Gasteiger partial charge in [-0.2, -0.15) is 0 Å². The molecule has 2 aromatic carbocycles. The Hall–Kier alpha value is -1.32. The van der Waals surface area contributed by atoms with E-state index in [1.807, 2.05) is 6.92 Å². The average Bonchev–Trinajstić information content (AvgIpc) is 2.37.